The minimum Gasteiger partial charge on any atom is -0.493 e. The number of carbonyl (C=O) groups excluding carboxylic acids is 1. The van der Waals surface area contributed by atoms with Gasteiger partial charge in [-0.2, -0.15) is 0 Å². The van der Waals surface area contributed by atoms with Crippen LogP contribution >= 0.6 is 12.4 Å². The third-order valence-electron chi connectivity index (χ3n) is 5.90. The summed E-state index contributed by atoms with van der Waals surface area (Å²) in [6.45, 7) is 2.60. The van der Waals surface area contributed by atoms with Crippen molar-refractivity contribution in [2.24, 2.45) is 11.8 Å². The minimum absolute atomic E-state index is 0. The third-order valence-corrected chi connectivity index (χ3v) is 5.90. The fourth-order valence-corrected chi connectivity index (χ4v) is 4.63. The fourth-order valence-electron chi connectivity index (χ4n) is 4.63. The number of halogens is 1. The Labute approximate surface area is 177 Å². The van der Waals surface area contributed by atoms with Crippen LogP contribution in [0.15, 0.2) is 42.5 Å². The fraction of sp³-hybridized carbons (Fsp3) is 0.409. The molecule has 29 heavy (non-hydrogen) atoms. The van der Waals surface area contributed by atoms with Crippen molar-refractivity contribution < 1.29 is 19.0 Å². The van der Waals surface area contributed by atoms with Gasteiger partial charge in [0.25, 0.3) is 5.91 Å². The summed E-state index contributed by atoms with van der Waals surface area (Å²) in [4.78, 5) is 15.6. The van der Waals surface area contributed by atoms with Gasteiger partial charge in [0.15, 0.2) is 11.5 Å². The van der Waals surface area contributed by atoms with Crippen molar-refractivity contribution >= 4 is 18.3 Å². The van der Waals surface area contributed by atoms with Gasteiger partial charge in [0.2, 0.25) is 5.75 Å². The van der Waals surface area contributed by atoms with Crippen molar-refractivity contribution in [1.29, 1.82) is 0 Å². The molecule has 0 unspecified atom stereocenters. The molecule has 2 aliphatic rings. The van der Waals surface area contributed by atoms with Gasteiger partial charge in [-0.3, -0.25) is 4.79 Å². The number of rotatable bonds is 5. The van der Waals surface area contributed by atoms with Crippen molar-refractivity contribution in [3.63, 3.8) is 0 Å². The SMILES string of the molecule is COc1ccc(C(=O)N2C[C@@H]3CNC[C@@H]3[C@H]2c2ccccc2)c(OC)c1OC.Cl. The lowest BCUT2D eigenvalue weighted by molar-refractivity contribution is 0.0710. The first-order valence-corrected chi connectivity index (χ1v) is 9.55. The molecule has 0 spiro atoms. The Balaban J connectivity index is 0.00000240. The lowest BCUT2D eigenvalue weighted by atomic mass is 9.89. The lowest BCUT2D eigenvalue weighted by Crippen LogP contribution is -2.35. The number of fused-ring (bicyclic) bond motifs is 1. The van der Waals surface area contributed by atoms with Crippen LogP contribution in [-0.4, -0.2) is 51.8 Å². The number of hydrogen-bond acceptors (Lipinski definition) is 5. The highest BCUT2D eigenvalue weighted by atomic mass is 35.5. The maximum absolute atomic E-state index is 13.6. The molecule has 1 amide bonds. The summed E-state index contributed by atoms with van der Waals surface area (Å²) in [6, 6.07) is 13.9. The Bertz CT molecular complexity index is 861. The monoisotopic (exact) mass is 418 g/mol. The second-order valence-corrected chi connectivity index (χ2v) is 7.28. The predicted octanol–water partition coefficient (Wildman–Crippen LogP) is 3.17. The number of likely N-dealkylation sites (tertiary alicyclic amines) is 1. The zero-order valence-corrected chi connectivity index (χ0v) is 17.7. The summed E-state index contributed by atoms with van der Waals surface area (Å²) in [5.41, 5.74) is 1.67. The number of amides is 1. The van der Waals surface area contributed by atoms with Gasteiger partial charge in [0.1, 0.15) is 0 Å². The topological polar surface area (TPSA) is 60.0 Å². The van der Waals surface area contributed by atoms with E-state index in [0.29, 0.717) is 34.6 Å². The van der Waals surface area contributed by atoms with E-state index in [1.807, 2.05) is 23.1 Å². The molecule has 2 aromatic rings. The van der Waals surface area contributed by atoms with Crippen LogP contribution in [0.2, 0.25) is 0 Å². The third kappa shape index (κ3) is 3.63. The van der Waals surface area contributed by atoms with Crippen LogP contribution in [0.4, 0.5) is 0 Å². The van der Waals surface area contributed by atoms with Crippen LogP contribution in [0.5, 0.6) is 17.2 Å². The Hall–Kier alpha value is -2.44. The average Bonchev–Trinajstić information content (AvgIpc) is 3.33. The lowest BCUT2D eigenvalue weighted by Gasteiger charge is -2.29. The molecule has 7 heteroatoms. The molecule has 0 aromatic heterocycles. The van der Waals surface area contributed by atoms with E-state index in [2.05, 4.69) is 17.4 Å². The molecule has 4 rings (SSSR count). The minimum atomic E-state index is -0.0407. The second kappa shape index (κ2) is 8.93. The van der Waals surface area contributed by atoms with Gasteiger partial charge in [-0.25, -0.2) is 0 Å². The Kier molecular flexibility index (Phi) is 6.55. The normalized spacial score (nSPS) is 22.6. The molecule has 0 bridgehead atoms. The molecular weight excluding hydrogens is 392 g/mol. The van der Waals surface area contributed by atoms with E-state index in [4.69, 9.17) is 14.2 Å². The first-order chi connectivity index (χ1) is 13.7. The van der Waals surface area contributed by atoms with Crippen LogP contribution in [0.25, 0.3) is 0 Å². The Morgan fingerprint density at radius 3 is 2.34 bits per heavy atom. The van der Waals surface area contributed by atoms with Gasteiger partial charge < -0.3 is 24.4 Å². The molecule has 6 nitrogen and oxygen atoms in total. The highest BCUT2D eigenvalue weighted by Gasteiger charge is 2.47. The Morgan fingerprint density at radius 2 is 1.69 bits per heavy atom. The maximum Gasteiger partial charge on any atom is 0.258 e. The van der Waals surface area contributed by atoms with Gasteiger partial charge in [0.05, 0.1) is 32.9 Å². The molecular formula is C22H27ClN2O4. The summed E-state index contributed by atoms with van der Waals surface area (Å²) in [6.07, 6.45) is 0. The molecule has 2 fully saturated rings. The van der Waals surface area contributed by atoms with Gasteiger partial charge in [-0.15, -0.1) is 12.4 Å². The van der Waals surface area contributed by atoms with Crippen LogP contribution in [0.1, 0.15) is 22.0 Å². The summed E-state index contributed by atoms with van der Waals surface area (Å²) in [7, 11) is 4.66. The number of carbonyl (C=O) groups is 1. The number of methoxy groups -OCH3 is 3. The van der Waals surface area contributed by atoms with E-state index in [9.17, 15) is 4.79 Å². The van der Waals surface area contributed by atoms with Crippen molar-refractivity contribution in [3.8, 4) is 17.2 Å². The zero-order chi connectivity index (χ0) is 19.7. The first-order valence-electron chi connectivity index (χ1n) is 9.55. The van der Waals surface area contributed by atoms with E-state index in [1.54, 1.807) is 33.5 Å². The molecule has 0 saturated carbocycles. The van der Waals surface area contributed by atoms with Crippen molar-refractivity contribution in [1.82, 2.24) is 10.2 Å². The molecule has 2 aromatic carbocycles. The molecule has 2 heterocycles. The van der Waals surface area contributed by atoms with E-state index in [1.165, 1.54) is 5.56 Å². The highest BCUT2D eigenvalue weighted by Crippen LogP contribution is 2.46. The largest absolute Gasteiger partial charge is 0.493 e. The predicted molar refractivity (Wildman–Crippen MR) is 113 cm³/mol. The van der Waals surface area contributed by atoms with Gasteiger partial charge in [-0.05, 0) is 23.6 Å². The molecule has 156 valence electrons. The molecule has 0 radical (unpaired) electrons. The van der Waals surface area contributed by atoms with Gasteiger partial charge >= 0.3 is 0 Å². The summed E-state index contributed by atoms with van der Waals surface area (Å²) < 4.78 is 16.4. The van der Waals surface area contributed by atoms with E-state index >= 15 is 0 Å². The standard InChI is InChI=1S/C22H26N2O4.ClH/c1-26-18-10-9-16(20(27-2)21(18)28-3)22(25)24-13-15-11-23-12-17(15)19(24)14-7-5-4-6-8-14;/h4-10,15,17,19,23H,11-13H2,1-3H3;1H/t15-,17-,19+;/m0./s1. The molecule has 0 aliphatic carbocycles. The van der Waals surface area contributed by atoms with Crippen molar-refractivity contribution in [3.05, 3.63) is 53.6 Å². The average molecular weight is 419 g/mol. The number of nitrogens with zero attached hydrogens (tertiary/aromatic N) is 1. The molecule has 2 aliphatic heterocycles. The van der Waals surface area contributed by atoms with E-state index in [0.717, 1.165) is 19.6 Å². The summed E-state index contributed by atoms with van der Waals surface area (Å²) in [5, 5.41) is 3.48. The Morgan fingerprint density at radius 1 is 0.966 bits per heavy atom. The zero-order valence-electron chi connectivity index (χ0n) is 16.9. The highest BCUT2D eigenvalue weighted by molar-refractivity contribution is 5.98. The van der Waals surface area contributed by atoms with Crippen molar-refractivity contribution in [2.75, 3.05) is 41.0 Å². The second-order valence-electron chi connectivity index (χ2n) is 7.28. The van der Waals surface area contributed by atoms with Crippen LogP contribution < -0.4 is 19.5 Å². The summed E-state index contributed by atoms with van der Waals surface area (Å²) >= 11 is 0. The number of hydrogen-bond donors (Lipinski definition) is 1. The van der Waals surface area contributed by atoms with E-state index < -0.39 is 0 Å². The molecule has 3 atom stereocenters. The van der Waals surface area contributed by atoms with Crippen molar-refractivity contribution in [2.45, 2.75) is 6.04 Å². The smallest absolute Gasteiger partial charge is 0.258 e. The number of nitrogens with one attached hydrogen (secondary N) is 1. The van der Waals surface area contributed by atoms with E-state index in [-0.39, 0.29) is 24.4 Å². The van der Waals surface area contributed by atoms with Crippen LogP contribution in [-0.2, 0) is 0 Å². The molecule has 1 N–H and O–H groups in total. The van der Waals surface area contributed by atoms with Gasteiger partial charge in [-0.1, -0.05) is 30.3 Å². The molecule has 2 saturated heterocycles. The first kappa shape index (κ1) is 21.3. The van der Waals surface area contributed by atoms with Crippen LogP contribution in [0, 0.1) is 11.8 Å². The van der Waals surface area contributed by atoms with Crippen LogP contribution in [0.3, 0.4) is 0 Å². The number of benzene rings is 2. The van der Waals surface area contributed by atoms with Gasteiger partial charge in [0, 0.05) is 25.6 Å². The summed E-state index contributed by atoms with van der Waals surface area (Å²) in [5.74, 6) is 2.22. The number of ether oxygens (including phenoxy) is 3. The maximum atomic E-state index is 13.6. The quantitative estimate of drug-likeness (QED) is 0.808.